The molecule has 7 heteroatoms. The van der Waals surface area contributed by atoms with Crippen molar-refractivity contribution in [3.8, 4) is 11.5 Å². The number of carbonyl (C=O) groups excluding carboxylic acids is 2. The average Bonchev–Trinajstić information content (AvgIpc) is 3.12. The Morgan fingerprint density at radius 1 is 1.19 bits per heavy atom. The molecule has 0 radical (unpaired) electrons. The van der Waals surface area contributed by atoms with Crippen molar-refractivity contribution in [2.24, 2.45) is 4.99 Å². The van der Waals surface area contributed by atoms with Gasteiger partial charge in [0, 0.05) is 25.6 Å². The van der Waals surface area contributed by atoms with Crippen LogP contribution in [-0.2, 0) is 4.79 Å². The van der Waals surface area contributed by atoms with E-state index in [2.05, 4.69) is 5.32 Å². The van der Waals surface area contributed by atoms with E-state index in [0.29, 0.717) is 35.8 Å². The van der Waals surface area contributed by atoms with Crippen molar-refractivity contribution in [1.82, 2.24) is 10.2 Å². The number of carbonyl (C=O) groups is 2. The molecule has 2 aromatic carbocycles. The van der Waals surface area contributed by atoms with Crippen molar-refractivity contribution in [2.75, 3.05) is 26.9 Å². The van der Waals surface area contributed by atoms with Crippen molar-refractivity contribution in [3.63, 3.8) is 0 Å². The molecule has 4 rings (SSSR count). The van der Waals surface area contributed by atoms with Crippen LogP contribution in [0.4, 0.5) is 5.69 Å². The zero-order valence-corrected chi connectivity index (χ0v) is 14.9. The first-order valence-electron chi connectivity index (χ1n) is 8.72. The Kier molecular flexibility index (Phi) is 4.50. The third-order valence-electron chi connectivity index (χ3n) is 4.61. The molecule has 0 saturated heterocycles. The number of amides is 2. The van der Waals surface area contributed by atoms with Gasteiger partial charge in [-0.3, -0.25) is 14.6 Å². The molecule has 138 valence electrons. The SMILES string of the molecule is CNC(=O)CCN1CC(c2ccc3c(c2)OCO3)=Nc2ccccc2C1=O. The van der Waals surface area contributed by atoms with Gasteiger partial charge < -0.3 is 19.7 Å². The second-order valence-electron chi connectivity index (χ2n) is 6.29. The molecular weight excluding hydrogens is 346 g/mol. The smallest absolute Gasteiger partial charge is 0.256 e. The normalized spacial score (nSPS) is 15.1. The number of hydrogen-bond donors (Lipinski definition) is 1. The fourth-order valence-corrected chi connectivity index (χ4v) is 3.13. The Morgan fingerprint density at radius 3 is 2.85 bits per heavy atom. The lowest BCUT2D eigenvalue weighted by Gasteiger charge is -2.21. The van der Waals surface area contributed by atoms with E-state index >= 15 is 0 Å². The lowest BCUT2D eigenvalue weighted by Crippen LogP contribution is -2.37. The Balaban J connectivity index is 1.71. The molecule has 0 unspecified atom stereocenters. The first-order valence-corrected chi connectivity index (χ1v) is 8.72. The summed E-state index contributed by atoms with van der Waals surface area (Å²) in [6.45, 7) is 0.825. The van der Waals surface area contributed by atoms with Crippen molar-refractivity contribution < 1.29 is 19.1 Å². The summed E-state index contributed by atoms with van der Waals surface area (Å²) in [5, 5.41) is 2.59. The van der Waals surface area contributed by atoms with Gasteiger partial charge in [-0.15, -0.1) is 0 Å². The zero-order chi connectivity index (χ0) is 18.8. The van der Waals surface area contributed by atoms with Crippen LogP contribution >= 0.6 is 0 Å². The Hall–Kier alpha value is -3.35. The molecule has 2 aromatic rings. The predicted octanol–water partition coefficient (Wildman–Crippen LogP) is 2.13. The number of aliphatic imine (C=N–C) groups is 1. The first kappa shape index (κ1) is 17.1. The molecule has 2 aliphatic heterocycles. The van der Waals surface area contributed by atoms with Crippen molar-refractivity contribution in [3.05, 3.63) is 53.6 Å². The van der Waals surface area contributed by atoms with E-state index in [1.54, 1.807) is 18.0 Å². The maximum atomic E-state index is 13.0. The van der Waals surface area contributed by atoms with E-state index < -0.39 is 0 Å². The molecule has 2 amide bonds. The highest BCUT2D eigenvalue weighted by Gasteiger charge is 2.26. The van der Waals surface area contributed by atoms with E-state index in [4.69, 9.17) is 14.5 Å². The van der Waals surface area contributed by atoms with Gasteiger partial charge in [0.1, 0.15) is 0 Å². The number of ether oxygens (including phenoxy) is 2. The summed E-state index contributed by atoms with van der Waals surface area (Å²) >= 11 is 0. The number of nitrogens with zero attached hydrogens (tertiary/aromatic N) is 2. The van der Waals surface area contributed by atoms with Gasteiger partial charge in [-0.2, -0.15) is 0 Å². The Morgan fingerprint density at radius 2 is 2.00 bits per heavy atom. The maximum absolute atomic E-state index is 13.0. The zero-order valence-electron chi connectivity index (χ0n) is 14.9. The van der Waals surface area contributed by atoms with Crippen LogP contribution in [0.1, 0.15) is 22.3 Å². The van der Waals surface area contributed by atoms with Crippen LogP contribution in [0.15, 0.2) is 47.5 Å². The van der Waals surface area contributed by atoms with Gasteiger partial charge in [0.25, 0.3) is 5.91 Å². The van der Waals surface area contributed by atoms with Crippen LogP contribution in [0.3, 0.4) is 0 Å². The number of para-hydroxylation sites is 1. The third-order valence-corrected chi connectivity index (χ3v) is 4.61. The summed E-state index contributed by atoms with van der Waals surface area (Å²) in [6.07, 6.45) is 0.235. The summed E-state index contributed by atoms with van der Waals surface area (Å²) in [7, 11) is 1.58. The number of benzene rings is 2. The molecule has 2 heterocycles. The quantitative estimate of drug-likeness (QED) is 0.900. The van der Waals surface area contributed by atoms with E-state index in [1.165, 1.54) is 0 Å². The van der Waals surface area contributed by atoms with Crippen LogP contribution in [0, 0.1) is 0 Å². The van der Waals surface area contributed by atoms with Gasteiger partial charge in [0.15, 0.2) is 11.5 Å². The van der Waals surface area contributed by atoms with E-state index in [-0.39, 0.29) is 25.0 Å². The molecule has 27 heavy (non-hydrogen) atoms. The minimum atomic E-state index is -0.131. The second-order valence-corrected chi connectivity index (χ2v) is 6.29. The molecule has 0 spiro atoms. The molecular formula is C20H19N3O4. The maximum Gasteiger partial charge on any atom is 0.256 e. The predicted molar refractivity (Wildman–Crippen MR) is 99.8 cm³/mol. The van der Waals surface area contributed by atoms with Crippen LogP contribution in [0.5, 0.6) is 11.5 Å². The minimum absolute atomic E-state index is 0.109. The number of fused-ring (bicyclic) bond motifs is 2. The average molecular weight is 365 g/mol. The van der Waals surface area contributed by atoms with Crippen molar-refractivity contribution in [1.29, 1.82) is 0 Å². The molecule has 0 bridgehead atoms. The monoisotopic (exact) mass is 365 g/mol. The molecule has 7 nitrogen and oxygen atoms in total. The Bertz CT molecular complexity index is 939. The first-order chi connectivity index (χ1) is 13.2. The molecule has 0 saturated carbocycles. The molecule has 0 fully saturated rings. The Labute approximate surface area is 156 Å². The summed E-state index contributed by atoms with van der Waals surface area (Å²) in [5.74, 6) is 1.12. The largest absolute Gasteiger partial charge is 0.454 e. The summed E-state index contributed by atoms with van der Waals surface area (Å²) in [6, 6.07) is 12.9. The molecule has 0 atom stereocenters. The fourth-order valence-electron chi connectivity index (χ4n) is 3.13. The topological polar surface area (TPSA) is 80.2 Å². The van der Waals surface area contributed by atoms with E-state index in [0.717, 1.165) is 11.3 Å². The van der Waals surface area contributed by atoms with Gasteiger partial charge in [0.2, 0.25) is 12.7 Å². The number of nitrogens with one attached hydrogen (secondary N) is 1. The summed E-state index contributed by atoms with van der Waals surface area (Å²) < 4.78 is 10.8. The van der Waals surface area contributed by atoms with E-state index in [1.807, 2.05) is 36.4 Å². The van der Waals surface area contributed by atoms with Crippen molar-refractivity contribution >= 4 is 23.2 Å². The van der Waals surface area contributed by atoms with Gasteiger partial charge in [0.05, 0.1) is 23.5 Å². The fraction of sp³-hybridized carbons (Fsp3) is 0.250. The number of rotatable bonds is 4. The number of hydrogen-bond acceptors (Lipinski definition) is 5. The lowest BCUT2D eigenvalue weighted by molar-refractivity contribution is -0.120. The van der Waals surface area contributed by atoms with Crippen LogP contribution in [0.25, 0.3) is 0 Å². The van der Waals surface area contributed by atoms with Crippen LogP contribution < -0.4 is 14.8 Å². The molecule has 1 N–H and O–H groups in total. The summed E-state index contributed by atoms with van der Waals surface area (Å²) in [5.41, 5.74) is 2.75. The molecule has 0 aromatic heterocycles. The van der Waals surface area contributed by atoms with Crippen LogP contribution in [-0.4, -0.2) is 49.4 Å². The molecule has 0 aliphatic carbocycles. The van der Waals surface area contributed by atoms with Crippen LogP contribution in [0.2, 0.25) is 0 Å². The van der Waals surface area contributed by atoms with E-state index in [9.17, 15) is 9.59 Å². The highest BCUT2D eigenvalue weighted by atomic mass is 16.7. The van der Waals surface area contributed by atoms with Gasteiger partial charge in [-0.1, -0.05) is 12.1 Å². The van der Waals surface area contributed by atoms with Gasteiger partial charge >= 0.3 is 0 Å². The van der Waals surface area contributed by atoms with Gasteiger partial charge in [-0.05, 0) is 30.3 Å². The summed E-state index contributed by atoms with van der Waals surface area (Å²) in [4.78, 5) is 31.0. The lowest BCUT2D eigenvalue weighted by atomic mass is 10.1. The highest BCUT2D eigenvalue weighted by Crippen LogP contribution is 2.34. The third kappa shape index (κ3) is 3.36. The van der Waals surface area contributed by atoms with Crippen molar-refractivity contribution in [2.45, 2.75) is 6.42 Å². The molecule has 2 aliphatic rings. The highest BCUT2D eigenvalue weighted by molar-refractivity contribution is 6.11. The second kappa shape index (κ2) is 7.11. The standard InChI is InChI=1S/C20H19N3O4/c1-21-19(24)8-9-23-11-16(13-6-7-17-18(10-13)27-12-26-17)22-15-5-3-2-4-14(15)20(23)25/h2-7,10H,8-9,11-12H2,1H3,(H,21,24). The van der Waals surface area contributed by atoms with Gasteiger partial charge in [-0.25, -0.2) is 0 Å². The minimum Gasteiger partial charge on any atom is -0.454 e.